The molecular weight excluding hydrogens is 398 g/mol. The van der Waals surface area contributed by atoms with Gasteiger partial charge in [-0.05, 0) is 102 Å². The highest BCUT2D eigenvalue weighted by atomic mass is 127. The highest BCUT2D eigenvalue weighted by molar-refractivity contribution is 14.1. The third-order valence-corrected chi connectivity index (χ3v) is 5.57. The van der Waals surface area contributed by atoms with E-state index in [1.165, 1.54) is 38.5 Å². The number of allylic oxidation sites excluding steroid dienone is 4. The van der Waals surface area contributed by atoms with Crippen molar-refractivity contribution in [2.24, 2.45) is 0 Å². The van der Waals surface area contributed by atoms with Crippen LogP contribution < -0.4 is 0 Å². The zero-order valence-electron chi connectivity index (χ0n) is 9.00. The highest BCUT2D eigenvalue weighted by Crippen LogP contribution is 2.38. The minimum absolute atomic E-state index is 1.20. The van der Waals surface area contributed by atoms with Gasteiger partial charge < -0.3 is 0 Å². The summed E-state index contributed by atoms with van der Waals surface area (Å²) in [7, 11) is 0. The molecule has 14 heavy (non-hydrogen) atoms. The molecule has 0 aliphatic heterocycles. The minimum Gasteiger partial charge on any atom is -0.0608 e. The van der Waals surface area contributed by atoms with Crippen LogP contribution in [0.25, 0.3) is 0 Å². The molecule has 0 heterocycles. The summed E-state index contributed by atoms with van der Waals surface area (Å²) in [6.07, 6.45) is 7.81. The van der Waals surface area contributed by atoms with Crippen LogP contribution in [0.2, 0.25) is 0 Å². The van der Waals surface area contributed by atoms with Gasteiger partial charge in [-0.15, -0.1) is 0 Å². The Morgan fingerprint density at radius 2 is 1.29 bits per heavy atom. The maximum absolute atomic E-state index is 2.53. The average molecular weight is 416 g/mol. The van der Waals surface area contributed by atoms with Gasteiger partial charge in [-0.2, -0.15) is 0 Å². The Labute approximate surface area is 115 Å². The lowest BCUT2D eigenvalue weighted by molar-refractivity contribution is 0.672. The monoisotopic (exact) mass is 416 g/mol. The van der Waals surface area contributed by atoms with Gasteiger partial charge in [0.1, 0.15) is 0 Å². The molecule has 0 N–H and O–H groups in total. The summed E-state index contributed by atoms with van der Waals surface area (Å²) in [5.74, 6) is 0. The predicted molar refractivity (Wildman–Crippen MR) is 81.1 cm³/mol. The van der Waals surface area contributed by atoms with Crippen molar-refractivity contribution >= 4 is 45.2 Å². The molecule has 0 aromatic rings. The van der Waals surface area contributed by atoms with Crippen molar-refractivity contribution < 1.29 is 0 Å². The molecule has 1 rings (SSSR count). The predicted octanol–water partition coefficient (Wildman–Crippen LogP) is 5.76. The second-order valence-corrected chi connectivity index (χ2v) is 6.29. The fourth-order valence-electron chi connectivity index (χ4n) is 1.93. The molecule has 0 radical (unpaired) electrons. The van der Waals surface area contributed by atoms with E-state index in [0.29, 0.717) is 0 Å². The highest BCUT2D eigenvalue weighted by Gasteiger charge is 2.16. The van der Waals surface area contributed by atoms with E-state index in [1.807, 2.05) is 0 Å². The van der Waals surface area contributed by atoms with Crippen molar-refractivity contribution in [2.75, 3.05) is 0 Å². The van der Waals surface area contributed by atoms with E-state index in [2.05, 4.69) is 59.0 Å². The van der Waals surface area contributed by atoms with Gasteiger partial charge in [0.05, 0.1) is 0 Å². The summed E-state index contributed by atoms with van der Waals surface area (Å²) in [6, 6.07) is 0. The van der Waals surface area contributed by atoms with E-state index in [-0.39, 0.29) is 0 Å². The number of hydrogen-bond acceptors (Lipinski definition) is 0. The largest absolute Gasteiger partial charge is 0.0608 e. The Hall–Kier alpha value is 0.940. The summed E-state index contributed by atoms with van der Waals surface area (Å²) in [6.45, 7) is 4.53. The second kappa shape index (κ2) is 6.51. The maximum Gasteiger partial charge on any atom is -0.00618 e. The van der Waals surface area contributed by atoms with Gasteiger partial charge in [0, 0.05) is 0 Å². The molecule has 1 aliphatic rings. The topological polar surface area (TPSA) is 0 Å². The summed E-state index contributed by atoms with van der Waals surface area (Å²) in [4.78, 5) is 0. The van der Waals surface area contributed by atoms with Gasteiger partial charge in [0.15, 0.2) is 0 Å². The van der Waals surface area contributed by atoms with E-state index >= 15 is 0 Å². The van der Waals surface area contributed by atoms with E-state index in [4.69, 9.17) is 0 Å². The Morgan fingerprint density at radius 3 is 1.57 bits per heavy atom. The van der Waals surface area contributed by atoms with Gasteiger partial charge in [0.2, 0.25) is 0 Å². The fourth-order valence-corrected chi connectivity index (χ4v) is 3.12. The Morgan fingerprint density at radius 1 is 0.929 bits per heavy atom. The Balaban J connectivity index is 3.02. The normalized spacial score (nSPS) is 24.9. The zero-order chi connectivity index (χ0) is 10.6. The molecule has 1 aliphatic carbocycles. The summed E-state index contributed by atoms with van der Waals surface area (Å²) >= 11 is 5.06. The van der Waals surface area contributed by atoms with Gasteiger partial charge in [-0.3, -0.25) is 0 Å². The lowest BCUT2D eigenvalue weighted by Gasteiger charge is -2.21. The molecule has 2 heteroatoms. The molecule has 1 fully saturated rings. The van der Waals surface area contributed by atoms with Crippen molar-refractivity contribution in [1.29, 1.82) is 0 Å². The molecule has 0 atom stereocenters. The van der Waals surface area contributed by atoms with Crippen LogP contribution in [0.3, 0.4) is 0 Å². The van der Waals surface area contributed by atoms with Crippen LogP contribution in [0.15, 0.2) is 18.3 Å². The first-order valence-electron chi connectivity index (χ1n) is 5.46. The molecule has 0 spiro atoms. The van der Waals surface area contributed by atoms with Crippen molar-refractivity contribution in [3.05, 3.63) is 18.3 Å². The van der Waals surface area contributed by atoms with Crippen LogP contribution in [0.1, 0.15) is 52.4 Å². The van der Waals surface area contributed by atoms with Crippen molar-refractivity contribution in [3.8, 4) is 0 Å². The smallest absolute Gasteiger partial charge is 0.00618 e. The van der Waals surface area contributed by atoms with Crippen LogP contribution in [-0.4, -0.2) is 0 Å². The summed E-state index contributed by atoms with van der Waals surface area (Å²) in [5, 5.41) is 0. The van der Waals surface area contributed by atoms with Gasteiger partial charge in [0.25, 0.3) is 0 Å². The Bertz CT molecular complexity index is 233. The first kappa shape index (κ1) is 13.0. The zero-order valence-corrected chi connectivity index (χ0v) is 13.3. The molecule has 80 valence electrons. The van der Waals surface area contributed by atoms with Crippen LogP contribution in [0, 0.1) is 0 Å². The lowest BCUT2D eigenvalue weighted by Crippen LogP contribution is -2.02. The molecule has 0 saturated heterocycles. The minimum atomic E-state index is 1.20. The Kier molecular flexibility index (Phi) is 6.05. The molecule has 0 nitrogen and oxygen atoms in total. The van der Waals surface area contributed by atoms with Crippen molar-refractivity contribution in [1.82, 2.24) is 0 Å². The summed E-state index contributed by atoms with van der Waals surface area (Å²) in [5.41, 5.74) is 3.34. The second-order valence-electron chi connectivity index (χ2n) is 3.68. The van der Waals surface area contributed by atoms with Crippen LogP contribution in [0.5, 0.6) is 0 Å². The molecule has 0 amide bonds. The molecule has 0 unspecified atom stereocenters. The van der Waals surface area contributed by atoms with E-state index in [0.717, 1.165) is 0 Å². The maximum atomic E-state index is 2.53. The third kappa shape index (κ3) is 3.22. The standard InChI is InChI=1S/C12H18I2/c1-3-11(13)9-7-5-6-8-10(9)12(14)4-2/h3-8H2,1-2H3/b11-9-,12-10-. The molecule has 0 bridgehead atoms. The van der Waals surface area contributed by atoms with Crippen molar-refractivity contribution in [2.45, 2.75) is 52.4 Å². The van der Waals surface area contributed by atoms with Crippen LogP contribution in [-0.2, 0) is 0 Å². The van der Waals surface area contributed by atoms with Crippen molar-refractivity contribution in [3.63, 3.8) is 0 Å². The molecular formula is C12H18I2. The van der Waals surface area contributed by atoms with Gasteiger partial charge >= 0.3 is 0 Å². The summed E-state index contributed by atoms with van der Waals surface area (Å²) < 4.78 is 3.17. The van der Waals surface area contributed by atoms with E-state index < -0.39 is 0 Å². The number of hydrogen-bond donors (Lipinski definition) is 0. The molecule has 0 aromatic heterocycles. The number of rotatable bonds is 2. The molecule has 1 saturated carbocycles. The quantitative estimate of drug-likeness (QED) is 0.503. The fraction of sp³-hybridized carbons (Fsp3) is 0.667. The average Bonchev–Trinajstić information content (AvgIpc) is 2.27. The SMILES string of the molecule is CC/C(I)=C1\CCCC\C1=C(\I)CC. The van der Waals surface area contributed by atoms with Crippen LogP contribution >= 0.6 is 45.2 Å². The van der Waals surface area contributed by atoms with Crippen LogP contribution in [0.4, 0.5) is 0 Å². The number of halogens is 2. The van der Waals surface area contributed by atoms with Gasteiger partial charge in [-0.1, -0.05) is 13.8 Å². The van der Waals surface area contributed by atoms with E-state index in [1.54, 1.807) is 18.3 Å². The third-order valence-electron chi connectivity index (χ3n) is 2.74. The first-order valence-corrected chi connectivity index (χ1v) is 7.61. The van der Waals surface area contributed by atoms with E-state index in [9.17, 15) is 0 Å². The lowest BCUT2D eigenvalue weighted by atomic mass is 9.88. The first-order chi connectivity index (χ1) is 6.70. The molecule has 0 aromatic carbocycles. The van der Waals surface area contributed by atoms with Gasteiger partial charge in [-0.25, -0.2) is 0 Å².